The minimum atomic E-state index is 0.327. The Labute approximate surface area is 108 Å². The van der Waals surface area contributed by atoms with Crippen LogP contribution in [0, 0.1) is 0 Å². The SMILES string of the molecule is COc1cc(Cl)c(Cl)c(Cl)c1-n1cccc1. The second-order valence-electron chi connectivity index (χ2n) is 3.13. The molecule has 0 spiro atoms. The lowest BCUT2D eigenvalue weighted by molar-refractivity contribution is 0.413. The first-order chi connectivity index (χ1) is 7.65. The summed E-state index contributed by atoms with van der Waals surface area (Å²) in [6, 6.07) is 5.42. The van der Waals surface area contributed by atoms with Crippen molar-refractivity contribution in [3.8, 4) is 11.4 Å². The summed E-state index contributed by atoms with van der Waals surface area (Å²) in [6.45, 7) is 0. The molecule has 0 unspecified atom stereocenters. The zero-order valence-corrected chi connectivity index (χ0v) is 10.6. The highest BCUT2D eigenvalue weighted by molar-refractivity contribution is 6.49. The van der Waals surface area contributed by atoms with E-state index in [1.54, 1.807) is 13.2 Å². The highest BCUT2D eigenvalue weighted by Gasteiger charge is 2.16. The molecule has 0 atom stereocenters. The lowest BCUT2D eigenvalue weighted by Gasteiger charge is -2.13. The Hall–Kier alpha value is -0.830. The molecule has 16 heavy (non-hydrogen) atoms. The molecule has 2 rings (SSSR count). The zero-order chi connectivity index (χ0) is 11.7. The van der Waals surface area contributed by atoms with Crippen molar-refractivity contribution < 1.29 is 4.74 Å². The van der Waals surface area contributed by atoms with Crippen LogP contribution >= 0.6 is 34.8 Å². The first-order valence-electron chi connectivity index (χ1n) is 4.50. The summed E-state index contributed by atoms with van der Waals surface area (Å²) in [4.78, 5) is 0. The van der Waals surface area contributed by atoms with E-state index >= 15 is 0 Å². The van der Waals surface area contributed by atoms with Gasteiger partial charge >= 0.3 is 0 Å². The summed E-state index contributed by atoms with van der Waals surface area (Å²) in [5.74, 6) is 0.579. The van der Waals surface area contributed by atoms with E-state index in [1.807, 2.05) is 29.1 Å². The first kappa shape index (κ1) is 11.6. The number of nitrogens with zero attached hydrogens (tertiary/aromatic N) is 1. The second kappa shape index (κ2) is 4.58. The molecule has 2 nitrogen and oxygen atoms in total. The van der Waals surface area contributed by atoms with E-state index in [0.717, 1.165) is 0 Å². The van der Waals surface area contributed by atoms with Gasteiger partial charge in [-0.1, -0.05) is 34.8 Å². The Bertz CT molecular complexity index is 508. The van der Waals surface area contributed by atoms with Gasteiger partial charge in [-0.05, 0) is 12.1 Å². The van der Waals surface area contributed by atoms with Crippen molar-refractivity contribution in [2.24, 2.45) is 0 Å². The predicted molar refractivity (Wildman–Crippen MR) is 67.4 cm³/mol. The molecule has 0 saturated heterocycles. The standard InChI is InChI=1S/C11H8Cl3NO/c1-16-8-6-7(12)9(13)10(14)11(8)15-4-2-3-5-15/h2-6H,1H3. The molecule has 0 aliphatic rings. The molecule has 0 bridgehead atoms. The van der Waals surface area contributed by atoms with Crippen LogP contribution in [-0.2, 0) is 0 Å². The molecule has 2 aromatic rings. The van der Waals surface area contributed by atoms with Gasteiger partial charge in [0.15, 0.2) is 0 Å². The number of hydrogen-bond acceptors (Lipinski definition) is 1. The predicted octanol–water partition coefficient (Wildman–Crippen LogP) is 4.45. The fourth-order valence-corrected chi connectivity index (χ4v) is 2.12. The molecule has 1 aromatic heterocycles. The third-order valence-corrected chi connectivity index (χ3v) is 3.44. The van der Waals surface area contributed by atoms with E-state index in [0.29, 0.717) is 26.5 Å². The van der Waals surface area contributed by atoms with E-state index in [2.05, 4.69) is 0 Å². The van der Waals surface area contributed by atoms with Crippen molar-refractivity contribution in [1.29, 1.82) is 0 Å². The minimum Gasteiger partial charge on any atom is -0.494 e. The normalized spacial score (nSPS) is 10.5. The molecule has 0 aliphatic heterocycles. The maximum Gasteiger partial charge on any atom is 0.145 e. The van der Waals surface area contributed by atoms with Crippen molar-refractivity contribution in [3.63, 3.8) is 0 Å². The maximum atomic E-state index is 6.16. The van der Waals surface area contributed by atoms with Crippen LogP contribution in [0.5, 0.6) is 5.75 Å². The Morgan fingerprint density at radius 1 is 1.06 bits per heavy atom. The van der Waals surface area contributed by atoms with Crippen LogP contribution in [0.15, 0.2) is 30.6 Å². The van der Waals surface area contributed by atoms with Gasteiger partial charge in [0.25, 0.3) is 0 Å². The Kier molecular flexibility index (Phi) is 3.33. The number of benzene rings is 1. The van der Waals surface area contributed by atoms with Crippen LogP contribution in [0.3, 0.4) is 0 Å². The molecule has 0 N–H and O–H groups in total. The lowest BCUT2D eigenvalue weighted by atomic mass is 10.3. The minimum absolute atomic E-state index is 0.327. The zero-order valence-electron chi connectivity index (χ0n) is 8.38. The number of halogens is 3. The maximum absolute atomic E-state index is 6.16. The summed E-state index contributed by atoms with van der Waals surface area (Å²) in [5, 5.41) is 1.08. The summed E-state index contributed by atoms with van der Waals surface area (Å²) in [5.41, 5.74) is 0.684. The summed E-state index contributed by atoms with van der Waals surface area (Å²) >= 11 is 18.1. The Balaban J connectivity index is 2.72. The number of aromatic nitrogens is 1. The molecule has 84 valence electrons. The topological polar surface area (TPSA) is 14.2 Å². The average molecular weight is 277 g/mol. The lowest BCUT2D eigenvalue weighted by Crippen LogP contribution is -1.97. The monoisotopic (exact) mass is 275 g/mol. The van der Waals surface area contributed by atoms with Gasteiger partial charge in [0.2, 0.25) is 0 Å². The van der Waals surface area contributed by atoms with Crippen molar-refractivity contribution in [3.05, 3.63) is 45.7 Å². The van der Waals surface area contributed by atoms with Gasteiger partial charge in [-0.2, -0.15) is 0 Å². The Morgan fingerprint density at radius 3 is 2.25 bits per heavy atom. The quantitative estimate of drug-likeness (QED) is 0.739. The third-order valence-electron chi connectivity index (χ3n) is 2.18. The van der Waals surface area contributed by atoms with Crippen LogP contribution < -0.4 is 4.74 Å². The number of methoxy groups -OCH3 is 1. The van der Waals surface area contributed by atoms with Gasteiger partial charge in [-0.15, -0.1) is 0 Å². The van der Waals surface area contributed by atoms with Crippen LogP contribution in [-0.4, -0.2) is 11.7 Å². The molecule has 5 heteroatoms. The highest BCUT2D eigenvalue weighted by Crippen LogP contribution is 2.40. The largest absolute Gasteiger partial charge is 0.494 e. The van der Waals surface area contributed by atoms with Gasteiger partial charge in [-0.25, -0.2) is 0 Å². The molecular weight excluding hydrogens is 268 g/mol. The van der Waals surface area contributed by atoms with Crippen LogP contribution in [0.25, 0.3) is 5.69 Å². The Morgan fingerprint density at radius 2 is 1.69 bits per heavy atom. The average Bonchev–Trinajstić information content (AvgIpc) is 2.78. The van der Waals surface area contributed by atoms with Crippen LogP contribution in [0.4, 0.5) is 0 Å². The van der Waals surface area contributed by atoms with Crippen molar-refractivity contribution in [2.75, 3.05) is 7.11 Å². The summed E-state index contributed by atoms with van der Waals surface area (Å²) in [7, 11) is 1.56. The molecule has 1 heterocycles. The van der Waals surface area contributed by atoms with Gasteiger partial charge in [0.1, 0.15) is 11.4 Å². The van der Waals surface area contributed by atoms with Crippen molar-refractivity contribution >= 4 is 34.8 Å². The fourth-order valence-electron chi connectivity index (χ4n) is 1.44. The third kappa shape index (κ3) is 1.88. The number of rotatable bonds is 2. The van der Waals surface area contributed by atoms with Crippen LogP contribution in [0.2, 0.25) is 15.1 Å². The smallest absolute Gasteiger partial charge is 0.145 e. The highest BCUT2D eigenvalue weighted by atomic mass is 35.5. The molecule has 0 amide bonds. The van der Waals surface area contributed by atoms with Crippen molar-refractivity contribution in [2.45, 2.75) is 0 Å². The second-order valence-corrected chi connectivity index (χ2v) is 4.29. The van der Waals surface area contributed by atoms with E-state index < -0.39 is 0 Å². The molecule has 0 radical (unpaired) electrons. The summed E-state index contributed by atoms with van der Waals surface area (Å²) in [6.07, 6.45) is 3.71. The van der Waals surface area contributed by atoms with E-state index in [1.165, 1.54) is 0 Å². The molecule has 1 aromatic carbocycles. The van der Waals surface area contributed by atoms with Gasteiger partial charge < -0.3 is 9.30 Å². The summed E-state index contributed by atoms with van der Waals surface area (Å²) < 4.78 is 7.06. The van der Waals surface area contributed by atoms with Gasteiger partial charge in [0.05, 0.1) is 22.2 Å². The molecule has 0 saturated carbocycles. The first-order valence-corrected chi connectivity index (χ1v) is 5.63. The van der Waals surface area contributed by atoms with E-state index in [-0.39, 0.29) is 0 Å². The van der Waals surface area contributed by atoms with E-state index in [9.17, 15) is 0 Å². The fraction of sp³-hybridized carbons (Fsp3) is 0.0909. The van der Waals surface area contributed by atoms with Gasteiger partial charge in [0, 0.05) is 18.5 Å². The number of ether oxygens (including phenoxy) is 1. The molecule has 0 fully saturated rings. The number of hydrogen-bond donors (Lipinski definition) is 0. The molecular formula is C11H8Cl3NO. The molecule has 0 aliphatic carbocycles. The van der Waals surface area contributed by atoms with Crippen molar-refractivity contribution in [1.82, 2.24) is 4.57 Å². The van der Waals surface area contributed by atoms with Gasteiger partial charge in [-0.3, -0.25) is 0 Å². The van der Waals surface area contributed by atoms with Crippen LogP contribution in [0.1, 0.15) is 0 Å². The van der Waals surface area contributed by atoms with E-state index in [4.69, 9.17) is 39.5 Å².